The topological polar surface area (TPSA) is 15.3 Å². The zero-order chi connectivity index (χ0) is 12.8. The highest BCUT2D eigenvalue weighted by molar-refractivity contribution is 7.56. The Morgan fingerprint density at radius 2 is 1.71 bits per heavy atom. The molecule has 0 aromatic heterocycles. The lowest BCUT2D eigenvalue weighted by Gasteiger charge is -2.28. The first kappa shape index (κ1) is 15.3. The van der Waals surface area contributed by atoms with Gasteiger partial charge in [0.15, 0.2) is 11.6 Å². The number of nitrogens with zero attached hydrogens (tertiary/aromatic N) is 1. The maximum Gasteiger partial charge on any atom is 0.182 e. The molecule has 1 fully saturated rings. The quantitative estimate of drug-likeness (QED) is 0.749. The fourth-order valence-electron chi connectivity index (χ4n) is 2.11. The second-order valence-electron chi connectivity index (χ2n) is 5.23. The van der Waals surface area contributed by atoms with Crippen molar-refractivity contribution in [2.75, 3.05) is 33.0 Å². The lowest BCUT2D eigenvalue weighted by molar-refractivity contribution is 0.222. The first-order chi connectivity index (χ1) is 8.00. The van der Waals surface area contributed by atoms with Crippen LogP contribution in [-0.4, -0.2) is 62.0 Å². The van der Waals surface area contributed by atoms with Crippen LogP contribution in [0.4, 0.5) is 0 Å². The molecular weight excluding hydrogens is 246 g/mol. The van der Waals surface area contributed by atoms with Gasteiger partial charge in [-0.05, 0) is 32.9 Å². The van der Waals surface area contributed by atoms with Crippen LogP contribution >= 0.6 is 15.1 Å². The van der Waals surface area contributed by atoms with Gasteiger partial charge in [0.2, 0.25) is 0 Å². The van der Waals surface area contributed by atoms with E-state index in [0.717, 1.165) is 0 Å². The highest BCUT2D eigenvalue weighted by Gasteiger charge is 2.27. The fourth-order valence-corrected chi connectivity index (χ4v) is 3.65. The van der Waals surface area contributed by atoms with Crippen molar-refractivity contribution in [1.82, 2.24) is 10.2 Å². The summed E-state index contributed by atoms with van der Waals surface area (Å²) < 4.78 is 0. The van der Waals surface area contributed by atoms with Crippen LogP contribution in [-0.2, 0) is 0 Å². The SMILES string of the molecule is C=[P+](C)C(C)NC(CN1CCCCC1)[P+](=C)C. The molecular formula is C13H28N2P2+2. The molecule has 0 spiro atoms. The third-order valence-electron chi connectivity index (χ3n) is 3.51. The van der Waals surface area contributed by atoms with Crippen molar-refractivity contribution in [2.45, 2.75) is 37.8 Å². The third-order valence-corrected chi connectivity index (χ3v) is 6.35. The molecule has 1 rings (SSSR count). The van der Waals surface area contributed by atoms with Crippen molar-refractivity contribution in [3.05, 3.63) is 0 Å². The average Bonchev–Trinajstić information content (AvgIpc) is 2.29. The van der Waals surface area contributed by atoms with Crippen molar-refractivity contribution >= 4 is 27.7 Å². The van der Waals surface area contributed by atoms with Gasteiger partial charge in [0, 0.05) is 0 Å². The Morgan fingerprint density at radius 3 is 2.18 bits per heavy atom. The van der Waals surface area contributed by atoms with Gasteiger partial charge >= 0.3 is 0 Å². The maximum atomic E-state index is 4.28. The van der Waals surface area contributed by atoms with E-state index in [1.54, 1.807) is 0 Å². The van der Waals surface area contributed by atoms with Crippen LogP contribution in [0.15, 0.2) is 0 Å². The van der Waals surface area contributed by atoms with E-state index >= 15 is 0 Å². The molecule has 0 aromatic rings. The first-order valence-electron chi connectivity index (χ1n) is 6.55. The minimum absolute atomic E-state index is 0.139. The molecule has 1 N–H and O–H groups in total. The van der Waals surface area contributed by atoms with E-state index in [1.165, 1.54) is 38.9 Å². The average molecular weight is 274 g/mol. The highest BCUT2D eigenvalue weighted by Crippen LogP contribution is 2.27. The predicted octanol–water partition coefficient (Wildman–Crippen LogP) is 2.82. The van der Waals surface area contributed by atoms with Gasteiger partial charge in [-0.1, -0.05) is 6.42 Å². The van der Waals surface area contributed by atoms with Gasteiger partial charge in [0.25, 0.3) is 0 Å². The smallest absolute Gasteiger partial charge is 0.182 e. The van der Waals surface area contributed by atoms with Gasteiger partial charge in [0.05, 0.1) is 32.5 Å². The number of hydrogen-bond donors (Lipinski definition) is 1. The Morgan fingerprint density at radius 1 is 1.12 bits per heavy atom. The predicted molar refractivity (Wildman–Crippen MR) is 86.6 cm³/mol. The summed E-state index contributed by atoms with van der Waals surface area (Å²) in [7, 11) is -0.305. The summed E-state index contributed by atoms with van der Waals surface area (Å²) in [6, 6.07) is 0. The van der Waals surface area contributed by atoms with Gasteiger partial charge in [0.1, 0.15) is 15.1 Å². The minimum atomic E-state index is -0.166. The van der Waals surface area contributed by atoms with Crippen LogP contribution in [0, 0.1) is 0 Å². The molecule has 98 valence electrons. The standard InChI is InChI=1S/C13H28N2P2/c1-12(16(2)3)14-13(17(4)5)11-15-9-7-6-8-10-15/h12-14H,2,4,6-11H2,1,3,5H3/q+2. The third kappa shape index (κ3) is 5.62. The minimum Gasteiger partial charge on any atom is -0.298 e. The summed E-state index contributed by atoms with van der Waals surface area (Å²) >= 11 is 0. The summed E-state index contributed by atoms with van der Waals surface area (Å²) in [5, 5.41) is 3.75. The van der Waals surface area contributed by atoms with E-state index in [1.807, 2.05) is 0 Å². The van der Waals surface area contributed by atoms with Crippen LogP contribution in [0.1, 0.15) is 26.2 Å². The van der Waals surface area contributed by atoms with Crippen molar-refractivity contribution in [3.8, 4) is 0 Å². The van der Waals surface area contributed by atoms with Gasteiger partial charge in [-0.25, -0.2) is 5.32 Å². The molecule has 1 aliphatic rings. The lowest BCUT2D eigenvalue weighted by Crippen LogP contribution is -2.43. The summed E-state index contributed by atoms with van der Waals surface area (Å²) in [5.74, 6) is 1.12. The van der Waals surface area contributed by atoms with Gasteiger partial charge in [-0.3, -0.25) is 4.90 Å². The highest BCUT2D eigenvalue weighted by atomic mass is 31.1. The van der Waals surface area contributed by atoms with E-state index in [4.69, 9.17) is 0 Å². The van der Waals surface area contributed by atoms with Crippen molar-refractivity contribution in [1.29, 1.82) is 0 Å². The Balaban J connectivity index is 2.47. The number of piperidine rings is 1. The van der Waals surface area contributed by atoms with Crippen molar-refractivity contribution in [2.24, 2.45) is 0 Å². The monoisotopic (exact) mass is 274 g/mol. The van der Waals surface area contributed by atoms with Crippen molar-refractivity contribution in [3.63, 3.8) is 0 Å². The van der Waals surface area contributed by atoms with E-state index in [-0.39, 0.29) is 15.1 Å². The van der Waals surface area contributed by atoms with E-state index in [0.29, 0.717) is 11.6 Å². The molecule has 0 saturated carbocycles. The number of rotatable bonds is 6. The molecule has 1 aliphatic heterocycles. The molecule has 1 heterocycles. The van der Waals surface area contributed by atoms with Crippen LogP contribution in [0.25, 0.3) is 0 Å². The van der Waals surface area contributed by atoms with Crippen LogP contribution in [0.5, 0.6) is 0 Å². The molecule has 17 heavy (non-hydrogen) atoms. The molecule has 4 unspecified atom stereocenters. The number of likely N-dealkylation sites (tertiary alicyclic amines) is 1. The van der Waals surface area contributed by atoms with E-state index in [2.05, 4.69) is 43.1 Å². The lowest BCUT2D eigenvalue weighted by atomic mass is 10.1. The van der Waals surface area contributed by atoms with Gasteiger partial charge in [-0.2, -0.15) is 0 Å². The molecule has 0 radical (unpaired) electrons. The van der Waals surface area contributed by atoms with E-state index < -0.39 is 0 Å². The molecule has 0 aromatic carbocycles. The Hall–Kier alpha value is 0.260. The molecule has 1 saturated heterocycles. The summed E-state index contributed by atoms with van der Waals surface area (Å²) in [5.41, 5.74) is 0. The molecule has 0 aliphatic carbocycles. The maximum absolute atomic E-state index is 4.28. The second kappa shape index (κ2) is 7.64. The molecule has 2 nitrogen and oxygen atoms in total. The zero-order valence-electron chi connectivity index (χ0n) is 11.7. The molecule has 0 bridgehead atoms. The zero-order valence-corrected chi connectivity index (χ0v) is 13.4. The number of nitrogens with one attached hydrogen (secondary N) is 1. The Labute approximate surface area is 109 Å². The van der Waals surface area contributed by atoms with Crippen LogP contribution in [0.3, 0.4) is 0 Å². The Bertz CT molecular complexity index is 273. The molecule has 4 atom stereocenters. The Kier molecular flexibility index (Phi) is 6.89. The number of hydrogen-bond acceptors (Lipinski definition) is 2. The van der Waals surface area contributed by atoms with Crippen LogP contribution in [0.2, 0.25) is 0 Å². The van der Waals surface area contributed by atoms with Gasteiger partial charge in [-0.15, -0.1) is 0 Å². The molecule has 4 heteroatoms. The van der Waals surface area contributed by atoms with E-state index in [9.17, 15) is 0 Å². The van der Waals surface area contributed by atoms with Gasteiger partial charge < -0.3 is 0 Å². The first-order valence-corrected chi connectivity index (χ1v) is 10.6. The normalized spacial score (nSPS) is 23.0. The second-order valence-corrected chi connectivity index (χ2v) is 9.66. The largest absolute Gasteiger partial charge is 0.298 e. The summed E-state index contributed by atoms with van der Waals surface area (Å²) in [6.45, 7) is 10.5. The summed E-state index contributed by atoms with van der Waals surface area (Å²) in [6.07, 6.45) is 12.6. The molecule has 0 amide bonds. The summed E-state index contributed by atoms with van der Waals surface area (Å²) in [4.78, 5) is 2.61. The van der Waals surface area contributed by atoms with Crippen LogP contribution < -0.4 is 5.32 Å². The van der Waals surface area contributed by atoms with Crippen molar-refractivity contribution < 1.29 is 0 Å². The fraction of sp³-hybridized carbons (Fsp3) is 0.846.